The molecular weight excluding hydrogens is 284 g/mol. The van der Waals surface area contributed by atoms with E-state index < -0.39 is 15.9 Å². The summed E-state index contributed by atoms with van der Waals surface area (Å²) >= 11 is 0. The zero-order valence-corrected chi connectivity index (χ0v) is 11.0. The van der Waals surface area contributed by atoms with Crippen LogP contribution in [0.2, 0.25) is 0 Å². The summed E-state index contributed by atoms with van der Waals surface area (Å²) in [5.41, 5.74) is -0.544. The molecule has 1 N–H and O–H groups in total. The normalized spacial score (nSPS) is 14.2. The van der Waals surface area contributed by atoms with Gasteiger partial charge in [-0.05, 0) is 6.07 Å². The molecule has 0 aromatic heterocycles. The Kier molecular flexibility index (Phi) is 3.87. The molecule has 2 rings (SSSR count). The van der Waals surface area contributed by atoms with Gasteiger partial charge in [0.05, 0.1) is 29.1 Å². The Bertz CT molecular complexity index is 598. The van der Waals surface area contributed by atoms with E-state index in [1.165, 1.54) is 24.1 Å². The predicted octanol–water partition coefficient (Wildman–Crippen LogP) is 1.37. The van der Waals surface area contributed by atoms with Crippen LogP contribution in [0, 0.1) is 20.2 Å². The van der Waals surface area contributed by atoms with Crippen LogP contribution in [0.4, 0.5) is 21.9 Å². The van der Waals surface area contributed by atoms with Crippen molar-refractivity contribution in [1.82, 2.24) is 4.90 Å². The van der Waals surface area contributed by atoms with E-state index in [4.69, 9.17) is 0 Å². The molecule has 10 heteroatoms. The average molecular weight is 296 g/mol. The van der Waals surface area contributed by atoms with Gasteiger partial charge in [-0.25, -0.2) is 4.79 Å². The molecule has 10 nitrogen and oxygen atoms in total. The third-order valence-corrected chi connectivity index (χ3v) is 3.06. The van der Waals surface area contributed by atoms with E-state index >= 15 is 0 Å². The zero-order valence-electron chi connectivity index (χ0n) is 11.0. The van der Waals surface area contributed by atoms with Gasteiger partial charge in [0, 0.05) is 19.2 Å². The molecule has 1 aliphatic rings. The van der Waals surface area contributed by atoms with Crippen molar-refractivity contribution >= 4 is 23.2 Å². The van der Waals surface area contributed by atoms with Crippen LogP contribution in [0.5, 0.6) is 0 Å². The van der Waals surface area contributed by atoms with Crippen LogP contribution in [-0.4, -0.2) is 47.1 Å². The molecule has 1 aromatic carbocycles. The summed E-state index contributed by atoms with van der Waals surface area (Å²) in [6, 6.07) is 3.21. The fraction of sp³-hybridized carbons (Fsp3) is 0.364. The van der Waals surface area contributed by atoms with Crippen LogP contribution in [0.15, 0.2) is 18.2 Å². The van der Waals surface area contributed by atoms with E-state index in [-0.39, 0.29) is 23.1 Å². The van der Waals surface area contributed by atoms with Gasteiger partial charge in [0.1, 0.15) is 5.69 Å². The summed E-state index contributed by atoms with van der Waals surface area (Å²) in [5.74, 6) is 0. The third-order valence-electron chi connectivity index (χ3n) is 3.06. The molecule has 1 saturated heterocycles. The first-order valence-corrected chi connectivity index (χ1v) is 5.94. The van der Waals surface area contributed by atoms with Crippen LogP contribution in [0.25, 0.3) is 0 Å². The van der Waals surface area contributed by atoms with Gasteiger partial charge in [-0.2, -0.15) is 0 Å². The smallest absolute Gasteiger partial charge is 0.409 e. The molecule has 21 heavy (non-hydrogen) atoms. The number of hydrogen-bond acceptors (Lipinski definition) is 7. The minimum Gasteiger partial charge on any atom is -0.453 e. The average Bonchev–Trinajstić information content (AvgIpc) is 2.41. The third kappa shape index (κ3) is 2.99. The highest BCUT2D eigenvalue weighted by Gasteiger charge is 2.32. The first kappa shape index (κ1) is 14.5. The van der Waals surface area contributed by atoms with E-state index in [1.54, 1.807) is 0 Å². The lowest BCUT2D eigenvalue weighted by Gasteiger charge is -2.38. The molecule has 1 fully saturated rings. The van der Waals surface area contributed by atoms with Gasteiger partial charge < -0.3 is 15.0 Å². The van der Waals surface area contributed by atoms with Gasteiger partial charge in [-0.3, -0.25) is 20.2 Å². The predicted molar refractivity (Wildman–Crippen MR) is 71.1 cm³/mol. The summed E-state index contributed by atoms with van der Waals surface area (Å²) in [5, 5.41) is 24.5. The van der Waals surface area contributed by atoms with Crippen LogP contribution in [0.3, 0.4) is 0 Å². The van der Waals surface area contributed by atoms with E-state index in [0.717, 1.165) is 6.07 Å². The van der Waals surface area contributed by atoms with Crippen molar-refractivity contribution in [1.29, 1.82) is 0 Å². The molecule has 1 amide bonds. The van der Waals surface area contributed by atoms with Crippen molar-refractivity contribution < 1.29 is 19.4 Å². The highest BCUT2D eigenvalue weighted by molar-refractivity contribution is 5.70. The van der Waals surface area contributed by atoms with Crippen molar-refractivity contribution in [3.8, 4) is 0 Å². The first-order valence-electron chi connectivity index (χ1n) is 5.94. The number of carbonyl (C=O) groups is 1. The molecule has 0 radical (unpaired) electrons. The molecule has 0 atom stereocenters. The number of non-ortho nitro benzene ring substituents is 1. The number of methoxy groups -OCH3 is 1. The fourth-order valence-electron chi connectivity index (χ4n) is 1.97. The number of benzene rings is 1. The maximum Gasteiger partial charge on any atom is 0.409 e. The lowest BCUT2D eigenvalue weighted by Crippen LogP contribution is -2.57. The molecule has 0 saturated carbocycles. The van der Waals surface area contributed by atoms with Gasteiger partial charge in [0.2, 0.25) is 0 Å². The number of rotatable bonds is 4. The van der Waals surface area contributed by atoms with Gasteiger partial charge in [-0.1, -0.05) is 0 Å². The summed E-state index contributed by atoms with van der Waals surface area (Å²) in [6.07, 6.45) is -0.466. The number of hydrogen-bond donors (Lipinski definition) is 1. The lowest BCUT2D eigenvalue weighted by atomic mass is 10.1. The van der Waals surface area contributed by atoms with Crippen LogP contribution in [0.1, 0.15) is 0 Å². The summed E-state index contributed by atoms with van der Waals surface area (Å²) in [7, 11) is 1.27. The zero-order chi connectivity index (χ0) is 15.6. The fourth-order valence-corrected chi connectivity index (χ4v) is 1.97. The Morgan fingerprint density at radius 3 is 2.52 bits per heavy atom. The molecular formula is C11H12N4O6. The number of nitrogens with zero attached hydrogens (tertiary/aromatic N) is 3. The van der Waals surface area contributed by atoms with Crippen molar-refractivity contribution in [3.05, 3.63) is 38.4 Å². The standard InChI is InChI=1S/C11H12N4O6/c1-21-11(16)13-5-7(6-13)12-9-3-2-8(14(17)18)4-10(9)15(19)20/h2-4,7,12H,5-6H2,1H3. The summed E-state index contributed by atoms with van der Waals surface area (Å²) in [4.78, 5) is 32.8. The van der Waals surface area contributed by atoms with Crippen molar-refractivity contribution in [2.45, 2.75) is 6.04 Å². The van der Waals surface area contributed by atoms with Crippen LogP contribution < -0.4 is 5.32 Å². The van der Waals surface area contributed by atoms with Crippen LogP contribution in [-0.2, 0) is 4.74 Å². The Balaban J connectivity index is 2.09. The lowest BCUT2D eigenvalue weighted by molar-refractivity contribution is -0.393. The summed E-state index contributed by atoms with van der Waals surface area (Å²) in [6.45, 7) is 0.696. The number of nitro groups is 2. The van der Waals surface area contributed by atoms with E-state index in [1.807, 2.05) is 0 Å². The second-order valence-corrected chi connectivity index (χ2v) is 4.43. The molecule has 112 valence electrons. The highest BCUT2D eigenvalue weighted by atomic mass is 16.6. The van der Waals surface area contributed by atoms with Crippen molar-refractivity contribution in [2.24, 2.45) is 0 Å². The second-order valence-electron chi connectivity index (χ2n) is 4.43. The first-order chi connectivity index (χ1) is 9.92. The Hall–Kier alpha value is -2.91. The Morgan fingerprint density at radius 2 is 2.00 bits per heavy atom. The van der Waals surface area contributed by atoms with Gasteiger partial charge in [0.15, 0.2) is 0 Å². The maximum atomic E-state index is 11.2. The number of carbonyl (C=O) groups excluding carboxylic acids is 1. The monoisotopic (exact) mass is 296 g/mol. The molecule has 1 aromatic rings. The molecule has 1 aliphatic heterocycles. The molecule has 0 aliphatic carbocycles. The maximum absolute atomic E-state index is 11.2. The Morgan fingerprint density at radius 1 is 1.33 bits per heavy atom. The number of anilines is 1. The van der Waals surface area contributed by atoms with Crippen molar-refractivity contribution in [3.63, 3.8) is 0 Å². The van der Waals surface area contributed by atoms with E-state index in [9.17, 15) is 25.0 Å². The van der Waals surface area contributed by atoms with E-state index in [2.05, 4.69) is 10.1 Å². The number of likely N-dealkylation sites (tertiary alicyclic amines) is 1. The molecule has 0 unspecified atom stereocenters. The minimum absolute atomic E-state index is 0.163. The number of nitro benzene ring substituents is 2. The SMILES string of the molecule is COC(=O)N1CC(Nc2ccc([N+](=O)[O-])cc2[N+](=O)[O-])C1. The van der Waals surface area contributed by atoms with Crippen molar-refractivity contribution in [2.75, 3.05) is 25.5 Å². The number of amides is 1. The summed E-state index contributed by atoms with van der Waals surface area (Å²) < 4.78 is 4.53. The molecule has 0 spiro atoms. The quantitative estimate of drug-likeness (QED) is 0.656. The van der Waals surface area contributed by atoms with Gasteiger partial charge in [-0.15, -0.1) is 0 Å². The topological polar surface area (TPSA) is 128 Å². The second kappa shape index (κ2) is 5.61. The number of nitrogens with one attached hydrogen (secondary N) is 1. The number of ether oxygens (including phenoxy) is 1. The largest absolute Gasteiger partial charge is 0.453 e. The van der Waals surface area contributed by atoms with Gasteiger partial charge in [0.25, 0.3) is 11.4 Å². The van der Waals surface area contributed by atoms with Gasteiger partial charge >= 0.3 is 6.09 Å². The molecule has 1 heterocycles. The Labute approximate surface area is 118 Å². The highest BCUT2D eigenvalue weighted by Crippen LogP contribution is 2.30. The van der Waals surface area contributed by atoms with Crippen LogP contribution >= 0.6 is 0 Å². The van der Waals surface area contributed by atoms with E-state index in [0.29, 0.717) is 13.1 Å². The minimum atomic E-state index is -0.695. The molecule has 0 bridgehead atoms.